The summed E-state index contributed by atoms with van der Waals surface area (Å²) < 4.78 is 5.69. The molecule has 0 aliphatic rings. The van der Waals surface area contributed by atoms with Crippen molar-refractivity contribution < 1.29 is 34.8 Å². The maximum Gasteiger partial charge on any atom is 0.335 e. The van der Waals surface area contributed by atoms with Crippen LogP contribution < -0.4 is 4.74 Å². The molecule has 8 nitrogen and oxygen atoms in total. The molecule has 0 aromatic heterocycles. The molecule has 0 saturated carbocycles. The van der Waals surface area contributed by atoms with E-state index in [-0.39, 0.29) is 0 Å². The van der Waals surface area contributed by atoms with Crippen LogP contribution in [0.1, 0.15) is 56.7 Å². The van der Waals surface area contributed by atoms with Gasteiger partial charge < -0.3 is 25.2 Å². The lowest BCUT2D eigenvalue weighted by Crippen LogP contribution is -2.39. The maximum atomic E-state index is 9.77. The first-order valence-corrected chi connectivity index (χ1v) is 11.7. The predicted molar refractivity (Wildman–Crippen MR) is 135 cm³/mol. The molecule has 2 rings (SSSR count). The van der Waals surface area contributed by atoms with Gasteiger partial charge in [-0.25, -0.2) is 9.59 Å². The van der Waals surface area contributed by atoms with Gasteiger partial charge in [-0.15, -0.1) is 0 Å². The Hall–Kier alpha value is -2.94. The number of ether oxygens (including phenoxy) is 1. The van der Waals surface area contributed by atoms with E-state index in [1.165, 1.54) is 16.7 Å². The fraction of sp³-hybridized carbons (Fsp3) is 0.481. The van der Waals surface area contributed by atoms with Gasteiger partial charge >= 0.3 is 11.9 Å². The van der Waals surface area contributed by atoms with E-state index >= 15 is 0 Å². The first kappa shape index (κ1) is 30.1. The Morgan fingerprint density at radius 1 is 0.886 bits per heavy atom. The normalized spacial score (nSPS) is 13.7. The molecule has 0 spiro atoms. The molecule has 0 fully saturated rings. The molecule has 0 saturated heterocycles. The van der Waals surface area contributed by atoms with Crippen LogP contribution in [0.25, 0.3) is 0 Å². The Morgan fingerprint density at radius 2 is 1.40 bits per heavy atom. The molecule has 0 amide bonds. The van der Waals surface area contributed by atoms with Crippen LogP contribution in [0.3, 0.4) is 0 Å². The SMILES string of the molecule is COc1ccc(C)cc1C(CCN(C(C)C)C(C)C)c1ccccc1.O=C(O)C(O)C(O)C(=O)O. The van der Waals surface area contributed by atoms with Gasteiger partial charge in [0.2, 0.25) is 0 Å². The zero-order chi connectivity index (χ0) is 26.7. The smallest absolute Gasteiger partial charge is 0.335 e. The average molecular weight is 490 g/mol. The number of nitrogens with zero attached hydrogens (tertiary/aromatic N) is 1. The topological polar surface area (TPSA) is 128 Å². The molecular formula is C27H39NO7. The minimum absolute atomic E-state index is 0.344. The van der Waals surface area contributed by atoms with E-state index in [9.17, 15) is 9.59 Å². The Bertz CT molecular complexity index is 904. The highest BCUT2D eigenvalue weighted by atomic mass is 16.5. The van der Waals surface area contributed by atoms with Crippen molar-refractivity contribution in [3.63, 3.8) is 0 Å². The number of rotatable bonds is 11. The summed E-state index contributed by atoms with van der Waals surface area (Å²) in [7, 11) is 1.77. The number of hydrogen-bond acceptors (Lipinski definition) is 6. The van der Waals surface area contributed by atoms with E-state index in [2.05, 4.69) is 88.0 Å². The van der Waals surface area contributed by atoms with Crippen LogP contribution in [-0.2, 0) is 9.59 Å². The minimum atomic E-state index is -2.27. The third kappa shape index (κ3) is 9.32. The third-order valence-corrected chi connectivity index (χ3v) is 5.77. The van der Waals surface area contributed by atoms with Gasteiger partial charge in [0.25, 0.3) is 0 Å². The summed E-state index contributed by atoms with van der Waals surface area (Å²) >= 11 is 0. The van der Waals surface area contributed by atoms with Crippen LogP contribution in [0.4, 0.5) is 0 Å². The quantitative estimate of drug-likeness (QED) is 0.378. The highest BCUT2D eigenvalue weighted by Gasteiger charge is 2.29. The van der Waals surface area contributed by atoms with Crippen molar-refractivity contribution in [2.24, 2.45) is 0 Å². The zero-order valence-corrected chi connectivity index (χ0v) is 21.4. The summed E-state index contributed by atoms with van der Waals surface area (Å²) in [5.74, 6) is -2.21. The largest absolute Gasteiger partial charge is 0.496 e. The number of benzene rings is 2. The van der Waals surface area contributed by atoms with Gasteiger partial charge in [-0.2, -0.15) is 0 Å². The molecule has 0 heterocycles. The van der Waals surface area contributed by atoms with E-state index in [4.69, 9.17) is 25.2 Å². The maximum absolute atomic E-state index is 9.77. The standard InChI is InChI=1S/C23H33NO.C4H6O6/c1-17(2)24(18(3)4)15-14-21(20-10-8-7-9-11-20)22-16-19(5)12-13-23(22)25-6;5-1(3(7)8)2(6)4(9)10/h7-13,16-18,21H,14-15H2,1-6H3;1-2,5-6H,(H,7,8)(H,9,10). The molecule has 2 aromatic carbocycles. The molecule has 35 heavy (non-hydrogen) atoms. The van der Waals surface area contributed by atoms with E-state index in [1.807, 2.05) is 0 Å². The number of aliphatic hydroxyl groups excluding tert-OH is 2. The molecule has 8 heteroatoms. The number of carboxylic acids is 2. The van der Waals surface area contributed by atoms with E-state index in [0.29, 0.717) is 18.0 Å². The van der Waals surface area contributed by atoms with Gasteiger partial charge in [-0.05, 0) is 59.2 Å². The lowest BCUT2D eigenvalue weighted by Gasteiger charge is -2.32. The van der Waals surface area contributed by atoms with Crippen molar-refractivity contribution in [3.8, 4) is 5.75 Å². The molecule has 3 unspecified atom stereocenters. The number of carboxylic acid groups (broad SMARTS) is 2. The van der Waals surface area contributed by atoms with Crippen molar-refractivity contribution in [2.75, 3.05) is 13.7 Å². The van der Waals surface area contributed by atoms with Crippen molar-refractivity contribution in [2.45, 2.75) is 71.2 Å². The Kier molecular flexibility index (Phi) is 12.4. The molecule has 0 bridgehead atoms. The second-order valence-corrected chi connectivity index (χ2v) is 8.99. The van der Waals surface area contributed by atoms with Gasteiger partial charge in [-0.3, -0.25) is 4.90 Å². The van der Waals surface area contributed by atoms with Crippen LogP contribution >= 0.6 is 0 Å². The molecule has 0 radical (unpaired) electrons. The van der Waals surface area contributed by atoms with Crippen LogP contribution in [0.2, 0.25) is 0 Å². The Morgan fingerprint density at radius 3 is 1.83 bits per heavy atom. The lowest BCUT2D eigenvalue weighted by molar-refractivity contribution is -0.165. The molecule has 2 aromatic rings. The molecule has 4 N–H and O–H groups in total. The summed E-state index contributed by atoms with van der Waals surface area (Å²) in [6.45, 7) is 12.4. The Labute approximate surface area is 207 Å². The first-order chi connectivity index (χ1) is 16.4. The van der Waals surface area contributed by atoms with Crippen molar-refractivity contribution in [1.82, 2.24) is 4.90 Å². The molecule has 194 valence electrons. The number of methoxy groups -OCH3 is 1. The van der Waals surface area contributed by atoms with E-state index in [0.717, 1.165) is 18.7 Å². The average Bonchev–Trinajstić information content (AvgIpc) is 2.81. The molecule has 3 atom stereocenters. The van der Waals surface area contributed by atoms with Crippen LogP contribution in [0.5, 0.6) is 5.75 Å². The zero-order valence-electron chi connectivity index (χ0n) is 21.4. The summed E-state index contributed by atoms with van der Waals surface area (Å²) in [5.41, 5.74) is 3.93. The second-order valence-electron chi connectivity index (χ2n) is 8.99. The Balaban J connectivity index is 0.000000518. The summed E-state index contributed by atoms with van der Waals surface area (Å²) in [5, 5.41) is 32.5. The van der Waals surface area contributed by atoms with E-state index < -0.39 is 24.1 Å². The van der Waals surface area contributed by atoms with E-state index in [1.54, 1.807) is 7.11 Å². The predicted octanol–water partition coefficient (Wildman–Crippen LogP) is 3.52. The van der Waals surface area contributed by atoms with Gasteiger partial charge in [0.15, 0.2) is 12.2 Å². The van der Waals surface area contributed by atoms with Crippen LogP contribution in [0.15, 0.2) is 48.5 Å². The van der Waals surface area contributed by atoms with Gasteiger partial charge in [0.05, 0.1) is 7.11 Å². The van der Waals surface area contributed by atoms with Gasteiger partial charge in [0, 0.05) is 23.6 Å². The van der Waals surface area contributed by atoms with Gasteiger partial charge in [-0.1, -0.05) is 48.0 Å². The van der Waals surface area contributed by atoms with Crippen LogP contribution in [0, 0.1) is 6.92 Å². The molecule has 0 aliphatic heterocycles. The summed E-state index contributed by atoms with van der Waals surface area (Å²) in [6, 6.07) is 18.4. The van der Waals surface area contributed by atoms with Crippen molar-refractivity contribution in [1.29, 1.82) is 0 Å². The van der Waals surface area contributed by atoms with Crippen molar-refractivity contribution in [3.05, 3.63) is 65.2 Å². The minimum Gasteiger partial charge on any atom is -0.496 e. The first-order valence-electron chi connectivity index (χ1n) is 11.7. The number of carbonyl (C=O) groups is 2. The summed E-state index contributed by atoms with van der Waals surface area (Å²) in [4.78, 5) is 22.1. The number of aryl methyl sites for hydroxylation is 1. The van der Waals surface area contributed by atoms with Crippen molar-refractivity contribution >= 4 is 11.9 Å². The monoisotopic (exact) mass is 489 g/mol. The lowest BCUT2D eigenvalue weighted by atomic mass is 9.86. The summed E-state index contributed by atoms with van der Waals surface area (Å²) in [6.07, 6.45) is -3.45. The number of hydrogen-bond donors (Lipinski definition) is 4. The second kappa shape index (κ2) is 14.5. The molecule has 0 aliphatic carbocycles. The molecular weight excluding hydrogens is 450 g/mol. The third-order valence-electron chi connectivity index (χ3n) is 5.77. The highest BCUT2D eigenvalue weighted by molar-refractivity contribution is 5.83. The number of aliphatic carboxylic acids is 2. The number of aliphatic hydroxyl groups is 2. The van der Waals surface area contributed by atoms with Crippen LogP contribution in [-0.4, -0.2) is 75.2 Å². The fourth-order valence-corrected chi connectivity index (χ4v) is 3.97. The highest BCUT2D eigenvalue weighted by Crippen LogP contribution is 2.35. The van der Waals surface area contributed by atoms with Gasteiger partial charge in [0.1, 0.15) is 5.75 Å². The fourth-order valence-electron chi connectivity index (χ4n) is 3.97.